The fraction of sp³-hybridized carbons (Fsp3) is 0.529. The van der Waals surface area contributed by atoms with Crippen molar-refractivity contribution in [1.29, 1.82) is 0 Å². The third-order valence-corrected chi connectivity index (χ3v) is 4.19. The van der Waals surface area contributed by atoms with E-state index in [1.165, 1.54) is 0 Å². The molecule has 1 aliphatic rings. The van der Waals surface area contributed by atoms with Gasteiger partial charge in [0, 0.05) is 30.6 Å². The zero-order chi connectivity index (χ0) is 15.9. The highest BCUT2D eigenvalue weighted by Crippen LogP contribution is 2.26. The molecule has 5 nitrogen and oxygen atoms in total. The number of nitrogens with one attached hydrogen (secondary N) is 2. The second kappa shape index (κ2) is 9.53. The molecule has 0 aromatic heterocycles. The molecular formula is C17H26ClN3O2. The van der Waals surface area contributed by atoms with Gasteiger partial charge in [0.15, 0.2) is 0 Å². The first kappa shape index (κ1) is 19.5. The van der Waals surface area contributed by atoms with E-state index in [0.29, 0.717) is 13.1 Å². The average Bonchev–Trinajstić information content (AvgIpc) is 3.06. The van der Waals surface area contributed by atoms with E-state index in [0.717, 1.165) is 36.9 Å². The van der Waals surface area contributed by atoms with Gasteiger partial charge in [0.2, 0.25) is 11.8 Å². The van der Waals surface area contributed by atoms with Crippen molar-refractivity contribution in [2.24, 2.45) is 17.6 Å². The van der Waals surface area contributed by atoms with Crippen molar-refractivity contribution in [3.8, 4) is 0 Å². The van der Waals surface area contributed by atoms with E-state index >= 15 is 0 Å². The molecule has 2 rings (SSSR count). The number of carbonyl (C=O) groups excluding carboxylic acids is 2. The lowest BCUT2D eigenvalue weighted by Gasteiger charge is -2.13. The first-order valence-electron chi connectivity index (χ1n) is 7.97. The molecule has 0 radical (unpaired) electrons. The standard InChI is InChI=1S/C17H25N3O2.ClH/c1-12(10-18)16(21)19-11-13-5-4-8-15(9-13)20-17(22)14-6-2-3-7-14;/h4-5,8-9,12,14H,2-3,6-7,10-11,18H2,1H3,(H,19,21)(H,20,22);1H. The number of hydrogen-bond donors (Lipinski definition) is 3. The van der Waals surface area contributed by atoms with E-state index in [-0.39, 0.29) is 36.1 Å². The Bertz CT molecular complexity index is 530. The van der Waals surface area contributed by atoms with Crippen LogP contribution < -0.4 is 16.4 Å². The van der Waals surface area contributed by atoms with Gasteiger partial charge in [0.05, 0.1) is 0 Å². The molecule has 1 unspecified atom stereocenters. The van der Waals surface area contributed by atoms with Crippen LogP contribution in [-0.4, -0.2) is 18.4 Å². The van der Waals surface area contributed by atoms with Crippen LogP contribution in [0.25, 0.3) is 0 Å². The number of halogens is 1. The summed E-state index contributed by atoms with van der Waals surface area (Å²) < 4.78 is 0. The van der Waals surface area contributed by atoms with Crippen molar-refractivity contribution in [2.75, 3.05) is 11.9 Å². The SMILES string of the molecule is CC(CN)C(=O)NCc1cccc(NC(=O)C2CCCC2)c1.Cl. The Labute approximate surface area is 143 Å². The van der Waals surface area contributed by atoms with Crippen LogP contribution in [0.3, 0.4) is 0 Å². The molecule has 1 aliphatic carbocycles. The van der Waals surface area contributed by atoms with E-state index in [1.807, 2.05) is 24.3 Å². The number of amides is 2. The second-order valence-electron chi connectivity index (χ2n) is 6.03. The number of nitrogens with two attached hydrogens (primary N) is 1. The van der Waals surface area contributed by atoms with Crippen LogP contribution in [0.5, 0.6) is 0 Å². The number of benzene rings is 1. The maximum atomic E-state index is 12.1. The van der Waals surface area contributed by atoms with Crippen LogP contribution in [0, 0.1) is 11.8 Å². The number of anilines is 1. The first-order chi connectivity index (χ1) is 10.6. The summed E-state index contributed by atoms with van der Waals surface area (Å²) in [5.41, 5.74) is 7.22. The van der Waals surface area contributed by atoms with Crippen molar-refractivity contribution < 1.29 is 9.59 Å². The van der Waals surface area contributed by atoms with Gasteiger partial charge < -0.3 is 16.4 Å². The van der Waals surface area contributed by atoms with Gasteiger partial charge in [-0.2, -0.15) is 0 Å². The molecule has 1 aromatic rings. The number of rotatable bonds is 6. The minimum atomic E-state index is -0.190. The average molecular weight is 340 g/mol. The molecule has 6 heteroatoms. The lowest BCUT2D eigenvalue weighted by molar-refractivity contribution is -0.124. The highest BCUT2D eigenvalue weighted by Gasteiger charge is 2.22. The van der Waals surface area contributed by atoms with Crippen molar-refractivity contribution in [1.82, 2.24) is 5.32 Å². The molecule has 4 N–H and O–H groups in total. The summed E-state index contributed by atoms with van der Waals surface area (Å²) in [6.45, 7) is 2.58. The molecule has 0 saturated heterocycles. The molecule has 1 aromatic carbocycles. The summed E-state index contributed by atoms with van der Waals surface area (Å²) in [4.78, 5) is 23.8. The van der Waals surface area contributed by atoms with Gasteiger partial charge in [-0.25, -0.2) is 0 Å². The highest BCUT2D eigenvalue weighted by atomic mass is 35.5. The smallest absolute Gasteiger partial charge is 0.227 e. The van der Waals surface area contributed by atoms with Crippen LogP contribution >= 0.6 is 12.4 Å². The topological polar surface area (TPSA) is 84.2 Å². The van der Waals surface area contributed by atoms with Crippen LogP contribution in [-0.2, 0) is 16.1 Å². The van der Waals surface area contributed by atoms with Crippen molar-refractivity contribution in [3.05, 3.63) is 29.8 Å². The van der Waals surface area contributed by atoms with Gasteiger partial charge in [0.1, 0.15) is 0 Å². The maximum absolute atomic E-state index is 12.1. The zero-order valence-electron chi connectivity index (χ0n) is 13.5. The third kappa shape index (κ3) is 5.84. The second-order valence-corrected chi connectivity index (χ2v) is 6.03. The van der Waals surface area contributed by atoms with E-state index in [1.54, 1.807) is 6.92 Å². The molecule has 0 heterocycles. The van der Waals surface area contributed by atoms with Crippen LogP contribution in [0.2, 0.25) is 0 Å². The quantitative estimate of drug-likeness (QED) is 0.744. The predicted octanol–water partition coefficient (Wildman–Crippen LogP) is 2.45. The molecular weight excluding hydrogens is 314 g/mol. The van der Waals surface area contributed by atoms with Crippen LogP contribution in [0.1, 0.15) is 38.2 Å². The first-order valence-corrected chi connectivity index (χ1v) is 7.97. The summed E-state index contributed by atoms with van der Waals surface area (Å²) >= 11 is 0. The number of hydrogen-bond acceptors (Lipinski definition) is 3. The minimum absolute atomic E-state index is 0. The summed E-state index contributed by atoms with van der Waals surface area (Å²) in [5, 5.41) is 5.83. The van der Waals surface area contributed by atoms with Crippen LogP contribution in [0.4, 0.5) is 5.69 Å². The normalized spacial score (nSPS) is 15.6. The molecule has 128 valence electrons. The Morgan fingerprint density at radius 3 is 2.65 bits per heavy atom. The summed E-state index contributed by atoms with van der Waals surface area (Å²) in [6, 6.07) is 7.59. The van der Waals surface area contributed by atoms with Crippen LogP contribution in [0.15, 0.2) is 24.3 Å². The molecule has 1 atom stereocenters. The minimum Gasteiger partial charge on any atom is -0.352 e. The molecule has 0 aliphatic heterocycles. The molecule has 1 saturated carbocycles. The van der Waals surface area contributed by atoms with Gasteiger partial charge in [-0.15, -0.1) is 12.4 Å². The largest absolute Gasteiger partial charge is 0.352 e. The van der Waals surface area contributed by atoms with E-state index in [4.69, 9.17) is 5.73 Å². The van der Waals surface area contributed by atoms with Gasteiger partial charge >= 0.3 is 0 Å². The van der Waals surface area contributed by atoms with Gasteiger partial charge in [0.25, 0.3) is 0 Å². The fourth-order valence-corrected chi connectivity index (χ4v) is 2.66. The molecule has 0 spiro atoms. The maximum Gasteiger partial charge on any atom is 0.227 e. The number of carbonyl (C=O) groups is 2. The van der Waals surface area contributed by atoms with E-state index in [2.05, 4.69) is 10.6 Å². The lowest BCUT2D eigenvalue weighted by Crippen LogP contribution is -2.32. The van der Waals surface area contributed by atoms with Gasteiger partial charge in [-0.05, 0) is 30.5 Å². The Balaban J connectivity index is 0.00000264. The monoisotopic (exact) mass is 339 g/mol. The van der Waals surface area contributed by atoms with E-state index in [9.17, 15) is 9.59 Å². The van der Waals surface area contributed by atoms with Gasteiger partial charge in [-0.3, -0.25) is 9.59 Å². The fourth-order valence-electron chi connectivity index (χ4n) is 2.66. The van der Waals surface area contributed by atoms with Crippen molar-refractivity contribution in [2.45, 2.75) is 39.2 Å². The summed E-state index contributed by atoms with van der Waals surface area (Å²) in [5.74, 6) is 0.0114. The highest BCUT2D eigenvalue weighted by molar-refractivity contribution is 5.92. The van der Waals surface area contributed by atoms with E-state index < -0.39 is 0 Å². The Kier molecular flexibility index (Phi) is 8.06. The Morgan fingerprint density at radius 2 is 2.00 bits per heavy atom. The Hall–Kier alpha value is -1.59. The molecule has 2 amide bonds. The van der Waals surface area contributed by atoms with Crippen molar-refractivity contribution in [3.63, 3.8) is 0 Å². The molecule has 23 heavy (non-hydrogen) atoms. The summed E-state index contributed by atoms with van der Waals surface area (Å²) in [6.07, 6.45) is 4.25. The predicted molar refractivity (Wildman–Crippen MR) is 94.3 cm³/mol. The zero-order valence-corrected chi connectivity index (χ0v) is 14.3. The molecule has 1 fully saturated rings. The van der Waals surface area contributed by atoms with Gasteiger partial charge in [-0.1, -0.05) is 31.9 Å². The third-order valence-electron chi connectivity index (χ3n) is 4.19. The molecule has 0 bridgehead atoms. The lowest BCUT2D eigenvalue weighted by atomic mass is 10.1. The Morgan fingerprint density at radius 1 is 1.30 bits per heavy atom. The summed E-state index contributed by atoms with van der Waals surface area (Å²) in [7, 11) is 0. The van der Waals surface area contributed by atoms with Crippen molar-refractivity contribution >= 4 is 29.9 Å².